The Bertz CT molecular complexity index is 1730. The molecule has 1 aromatic carbocycles. The van der Waals surface area contributed by atoms with Gasteiger partial charge < -0.3 is 31.8 Å². The largest absolute Gasteiger partial charge is 0.352 e. The van der Waals surface area contributed by atoms with E-state index >= 15 is 0 Å². The number of urea groups is 1. The maximum absolute atomic E-state index is 13.3. The van der Waals surface area contributed by atoms with Gasteiger partial charge in [0.05, 0.1) is 0 Å². The molecule has 9 amide bonds. The second-order valence-corrected chi connectivity index (χ2v) is 15.1. The molecule has 2 aliphatic heterocycles. The molecule has 0 spiro atoms. The lowest BCUT2D eigenvalue weighted by molar-refractivity contribution is -0.138. The average molecular weight is 834 g/mol. The van der Waals surface area contributed by atoms with E-state index < -0.39 is 29.9 Å². The van der Waals surface area contributed by atoms with Crippen LogP contribution in [-0.2, 0) is 38.4 Å². The number of primary amides is 1. The van der Waals surface area contributed by atoms with E-state index in [2.05, 4.69) is 41.2 Å². The van der Waals surface area contributed by atoms with Crippen molar-refractivity contribution in [1.82, 2.24) is 25.8 Å². The number of benzene rings is 1. The number of hydrogen-bond donors (Lipinski definition) is 5. The third-order valence-corrected chi connectivity index (χ3v) is 9.82. The van der Waals surface area contributed by atoms with Gasteiger partial charge in [0.1, 0.15) is 17.9 Å². The van der Waals surface area contributed by atoms with Crippen LogP contribution in [0.1, 0.15) is 117 Å². The third kappa shape index (κ3) is 18.8. The number of carbonyl (C=O) groups excluding carboxylic acids is 9. The van der Waals surface area contributed by atoms with Crippen LogP contribution in [0, 0.1) is 5.92 Å². The first-order valence-corrected chi connectivity index (χ1v) is 20.9. The predicted octanol–water partition coefficient (Wildman–Crippen LogP) is 4.45. The van der Waals surface area contributed by atoms with Gasteiger partial charge >= 0.3 is 6.03 Å². The average Bonchev–Trinajstić information content (AvgIpc) is 3.70. The number of allylic oxidation sites excluding steroid dienone is 1. The van der Waals surface area contributed by atoms with Gasteiger partial charge in [-0.2, -0.15) is 0 Å². The van der Waals surface area contributed by atoms with Crippen molar-refractivity contribution in [2.24, 2.45) is 11.7 Å². The second kappa shape index (κ2) is 26.9. The number of nitrogens with zero attached hydrogens (tertiary/aromatic N) is 2. The summed E-state index contributed by atoms with van der Waals surface area (Å²) in [5.41, 5.74) is 8.06. The molecule has 6 N–H and O–H groups in total. The van der Waals surface area contributed by atoms with E-state index in [1.165, 1.54) is 34.8 Å². The zero-order chi connectivity index (χ0) is 44.6. The minimum Gasteiger partial charge on any atom is -0.352 e. The van der Waals surface area contributed by atoms with E-state index in [9.17, 15) is 43.2 Å². The molecule has 2 heterocycles. The maximum atomic E-state index is 13.3. The van der Waals surface area contributed by atoms with Gasteiger partial charge in [0.2, 0.25) is 17.7 Å². The van der Waals surface area contributed by atoms with Crippen LogP contribution >= 0.6 is 0 Å². The first-order chi connectivity index (χ1) is 28.6. The van der Waals surface area contributed by atoms with Crippen molar-refractivity contribution in [2.75, 3.05) is 25.0 Å². The fourth-order valence-corrected chi connectivity index (χ4v) is 6.27. The smallest absolute Gasteiger partial charge is 0.312 e. The fourth-order valence-electron chi connectivity index (χ4n) is 6.27. The van der Waals surface area contributed by atoms with Crippen molar-refractivity contribution < 1.29 is 43.2 Å². The van der Waals surface area contributed by atoms with Crippen LogP contribution in [0.15, 0.2) is 54.1 Å². The molecule has 328 valence electrons. The Kier molecular flexibility index (Phi) is 22.6. The van der Waals surface area contributed by atoms with Gasteiger partial charge in [0.15, 0.2) is 0 Å². The van der Waals surface area contributed by atoms with Gasteiger partial charge in [-0.3, -0.25) is 43.4 Å². The summed E-state index contributed by atoms with van der Waals surface area (Å²) in [7, 11) is 0. The molecule has 0 fully saturated rings. The fraction of sp³-hybridized carbons (Fsp3) is 0.523. The predicted molar refractivity (Wildman–Crippen MR) is 228 cm³/mol. The topological polar surface area (TPSA) is 234 Å². The summed E-state index contributed by atoms with van der Waals surface area (Å²) in [6.45, 7) is 10.4. The quantitative estimate of drug-likeness (QED) is 0.0691. The standard InChI is InChI=1S/C33H48N6O6.C11H15NO3/c1-5-23(6-2)21-24-13-15-25(16-14-24)36-31(43)26(11-10-19-35-33(34)45)37-32(44)30(22(3)4)38-27(40)12-8-7-9-20-39-28(41)17-18-29(39)42;1-9(13)5-3-2-4-8-12-10(14)6-7-11(12)15/h13-18,21-22,26,30H,5-12,19-20H2,1-4H3,(H,36,43)(H,37,44)(H,38,40)(H3,34,35,45);6-7H,2-5,8H2,1H3/t26-,30-;/m0./s1. The van der Waals surface area contributed by atoms with Gasteiger partial charge in [-0.1, -0.05) is 64.3 Å². The number of nitrogens with two attached hydrogens (primary N) is 1. The molecule has 2 atom stereocenters. The first kappa shape index (κ1) is 50.2. The number of imide groups is 2. The van der Waals surface area contributed by atoms with Gasteiger partial charge in [-0.25, -0.2) is 4.79 Å². The van der Waals surface area contributed by atoms with Crippen molar-refractivity contribution in [2.45, 2.75) is 124 Å². The van der Waals surface area contributed by atoms with Crippen LogP contribution in [-0.4, -0.2) is 94.7 Å². The van der Waals surface area contributed by atoms with Crippen LogP contribution in [0.25, 0.3) is 6.08 Å². The minimum atomic E-state index is -0.929. The molecular formula is C44H63N7O9. The highest BCUT2D eigenvalue weighted by molar-refractivity contribution is 6.13. The van der Waals surface area contributed by atoms with Crippen molar-refractivity contribution in [3.05, 3.63) is 59.7 Å². The summed E-state index contributed by atoms with van der Waals surface area (Å²) in [5.74, 6) is -2.42. The zero-order valence-electron chi connectivity index (χ0n) is 35.7. The van der Waals surface area contributed by atoms with Gasteiger partial charge in [0.25, 0.3) is 23.6 Å². The van der Waals surface area contributed by atoms with Crippen molar-refractivity contribution >= 4 is 64.9 Å². The van der Waals surface area contributed by atoms with E-state index in [4.69, 9.17) is 5.73 Å². The molecule has 0 radical (unpaired) electrons. The molecule has 60 heavy (non-hydrogen) atoms. The van der Waals surface area contributed by atoms with Crippen molar-refractivity contribution in [3.8, 4) is 0 Å². The summed E-state index contributed by atoms with van der Waals surface area (Å²) in [6, 6.07) is 4.95. The van der Waals surface area contributed by atoms with Crippen LogP contribution < -0.4 is 27.0 Å². The number of carbonyl (C=O) groups is 9. The summed E-state index contributed by atoms with van der Waals surface area (Å²) in [5, 5.41) is 10.9. The Hall–Kier alpha value is -5.93. The molecule has 0 aliphatic carbocycles. The highest BCUT2D eigenvalue weighted by atomic mass is 16.2. The lowest BCUT2D eigenvalue weighted by Gasteiger charge is -2.25. The molecule has 0 aromatic heterocycles. The Morgan fingerprint density at radius 3 is 1.67 bits per heavy atom. The van der Waals surface area contributed by atoms with E-state index in [0.29, 0.717) is 50.9 Å². The minimum absolute atomic E-state index is 0.169. The molecule has 1 aromatic rings. The molecule has 0 bridgehead atoms. The van der Waals surface area contributed by atoms with Crippen molar-refractivity contribution in [3.63, 3.8) is 0 Å². The summed E-state index contributed by atoms with van der Waals surface area (Å²) in [4.78, 5) is 109. The summed E-state index contributed by atoms with van der Waals surface area (Å²) >= 11 is 0. The second-order valence-electron chi connectivity index (χ2n) is 15.1. The number of unbranched alkanes of at least 4 members (excludes halogenated alkanes) is 4. The van der Waals surface area contributed by atoms with Gasteiger partial charge in [-0.15, -0.1) is 0 Å². The molecule has 16 heteroatoms. The Morgan fingerprint density at radius 2 is 1.20 bits per heavy atom. The number of hydrogen-bond acceptors (Lipinski definition) is 9. The molecule has 2 aliphatic rings. The zero-order valence-corrected chi connectivity index (χ0v) is 35.7. The SMILES string of the molecule is CC(=O)CCCCCN1C(=O)C=CC1=O.CCC(=Cc1ccc(NC(=O)[C@H](CCCNC(N)=O)NC(=O)[C@@H](NC(=O)CCCCCN2C(=O)C=CC2=O)C(C)C)cc1)CC. The molecule has 0 saturated carbocycles. The van der Waals surface area contributed by atoms with E-state index in [1.807, 2.05) is 12.1 Å². The number of anilines is 1. The van der Waals surface area contributed by atoms with Gasteiger partial charge in [-0.05, 0) is 81.9 Å². The van der Waals surface area contributed by atoms with Crippen LogP contribution in [0.5, 0.6) is 0 Å². The highest BCUT2D eigenvalue weighted by Gasteiger charge is 2.29. The van der Waals surface area contributed by atoms with E-state index in [-0.39, 0.29) is 60.6 Å². The van der Waals surface area contributed by atoms with E-state index in [0.717, 1.165) is 42.6 Å². The third-order valence-electron chi connectivity index (χ3n) is 9.82. The van der Waals surface area contributed by atoms with Gasteiger partial charge in [0, 0.05) is 62.5 Å². The monoisotopic (exact) mass is 833 g/mol. The Labute approximate surface area is 353 Å². The lowest BCUT2D eigenvalue weighted by atomic mass is 10.0. The first-order valence-electron chi connectivity index (χ1n) is 20.9. The lowest BCUT2D eigenvalue weighted by Crippen LogP contribution is -2.54. The number of rotatable bonds is 25. The van der Waals surface area contributed by atoms with Crippen LogP contribution in [0.3, 0.4) is 0 Å². The molecule has 3 rings (SSSR count). The molecular weight excluding hydrogens is 771 g/mol. The van der Waals surface area contributed by atoms with Crippen LogP contribution in [0.2, 0.25) is 0 Å². The Balaban J connectivity index is 0.000000691. The summed E-state index contributed by atoms with van der Waals surface area (Å²) in [6.07, 6.45) is 14.7. The van der Waals surface area contributed by atoms with Crippen LogP contribution in [0.4, 0.5) is 10.5 Å². The van der Waals surface area contributed by atoms with E-state index in [1.54, 1.807) is 32.9 Å². The number of Topliss-reactive ketones (excluding diaryl/α,β-unsaturated/α-hetero) is 1. The maximum Gasteiger partial charge on any atom is 0.312 e. The molecule has 0 saturated heterocycles. The highest BCUT2D eigenvalue weighted by Crippen LogP contribution is 2.17. The summed E-state index contributed by atoms with van der Waals surface area (Å²) < 4.78 is 0. The molecule has 0 unspecified atom stereocenters. The Morgan fingerprint density at radius 1 is 0.683 bits per heavy atom. The van der Waals surface area contributed by atoms with Crippen molar-refractivity contribution in [1.29, 1.82) is 0 Å². The number of nitrogens with one attached hydrogen (secondary N) is 4. The molecule has 16 nitrogen and oxygen atoms in total. The number of amides is 9. The number of ketones is 1. The normalized spacial score (nSPS) is 14.1.